The average molecular weight is 382 g/mol. The second-order valence-corrected chi connectivity index (χ2v) is 7.18. The van der Waals surface area contributed by atoms with Crippen molar-refractivity contribution in [3.63, 3.8) is 0 Å². The highest BCUT2D eigenvalue weighted by molar-refractivity contribution is 6.01. The maximum absolute atomic E-state index is 13.4. The summed E-state index contributed by atoms with van der Waals surface area (Å²) in [5, 5.41) is 0. The molecule has 1 aliphatic rings. The van der Waals surface area contributed by atoms with Crippen molar-refractivity contribution < 1.29 is 13.9 Å². The number of hydrogen-bond acceptors (Lipinski definition) is 2. The molecule has 0 saturated carbocycles. The molecule has 148 valence electrons. The summed E-state index contributed by atoms with van der Waals surface area (Å²) in [6.07, 6.45) is 3.95. The molecule has 1 amide bonds. The summed E-state index contributed by atoms with van der Waals surface area (Å²) in [6, 6.07) is 16.5. The lowest BCUT2D eigenvalue weighted by Crippen LogP contribution is -2.40. The number of aliphatic imine (C=N–C) groups is 1. The van der Waals surface area contributed by atoms with Crippen LogP contribution < -0.4 is 0 Å². The second-order valence-electron chi connectivity index (χ2n) is 7.18. The highest BCUT2D eigenvalue weighted by atomic mass is 19.1. The van der Waals surface area contributed by atoms with Gasteiger partial charge < -0.3 is 9.64 Å². The van der Waals surface area contributed by atoms with Crippen molar-refractivity contribution in [2.24, 2.45) is 10.9 Å². The zero-order valence-electron chi connectivity index (χ0n) is 16.3. The smallest absolute Gasteiger partial charge is 0.295 e. The average Bonchev–Trinajstić information content (AvgIpc) is 2.72. The van der Waals surface area contributed by atoms with Crippen LogP contribution in [0.2, 0.25) is 0 Å². The lowest BCUT2D eigenvalue weighted by molar-refractivity contribution is 0.0990. The van der Waals surface area contributed by atoms with Gasteiger partial charge >= 0.3 is 0 Å². The molecule has 1 aliphatic heterocycles. The summed E-state index contributed by atoms with van der Waals surface area (Å²) in [4.78, 5) is 18.7. The first-order valence-corrected chi connectivity index (χ1v) is 9.96. The molecule has 0 bridgehead atoms. The predicted octanol–water partition coefficient (Wildman–Crippen LogP) is 4.70. The molecule has 0 aliphatic carbocycles. The first-order valence-electron chi connectivity index (χ1n) is 9.96. The highest BCUT2D eigenvalue weighted by Gasteiger charge is 2.24. The summed E-state index contributed by atoms with van der Waals surface area (Å²) in [5.74, 6) is -0.305. The van der Waals surface area contributed by atoms with Crippen molar-refractivity contribution in [1.82, 2.24) is 4.90 Å². The first kappa shape index (κ1) is 20.1. The molecule has 4 nitrogen and oxygen atoms in total. The highest BCUT2D eigenvalue weighted by Crippen LogP contribution is 2.22. The van der Waals surface area contributed by atoms with Crippen LogP contribution in [0.15, 0.2) is 59.6 Å². The number of likely N-dealkylation sites (tertiary alicyclic amines) is 1. The molecule has 2 aromatic carbocycles. The number of ether oxygens (including phenoxy) is 1. The summed E-state index contributed by atoms with van der Waals surface area (Å²) < 4.78 is 19.2. The van der Waals surface area contributed by atoms with E-state index in [0.717, 1.165) is 38.8 Å². The van der Waals surface area contributed by atoms with E-state index in [0.29, 0.717) is 18.5 Å². The van der Waals surface area contributed by atoms with Crippen LogP contribution in [0.3, 0.4) is 0 Å². The van der Waals surface area contributed by atoms with Crippen LogP contribution in [0, 0.1) is 11.7 Å². The quantitative estimate of drug-likeness (QED) is 0.556. The maximum atomic E-state index is 13.4. The van der Waals surface area contributed by atoms with Crippen molar-refractivity contribution in [1.29, 1.82) is 0 Å². The van der Waals surface area contributed by atoms with Crippen LogP contribution >= 0.6 is 0 Å². The van der Waals surface area contributed by atoms with Crippen LogP contribution in [0.1, 0.15) is 42.1 Å². The molecule has 28 heavy (non-hydrogen) atoms. The molecule has 1 saturated heterocycles. The summed E-state index contributed by atoms with van der Waals surface area (Å²) in [7, 11) is 0. The Morgan fingerprint density at radius 2 is 1.89 bits per heavy atom. The van der Waals surface area contributed by atoms with E-state index in [1.165, 1.54) is 23.8 Å². The van der Waals surface area contributed by atoms with Gasteiger partial charge in [-0.05, 0) is 55.4 Å². The second kappa shape index (κ2) is 10.0. The maximum Gasteiger partial charge on any atom is 0.295 e. The molecule has 3 rings (SSSR count). The topological polar surface area (TPSA) is 41.9 Å². The van der Waals surface area contributed by atoms with E-state index in [-0.39, 0.29) is 5.56 Å². The number of amidine groups is 1. The number of rotatable bonds is 5. The summed E-state index contributed by atoms with van der Waals surface area (Å²) in [5.41, 5.74) is 1.59. The Labute approximate surface area is 166 Å². The van der Waals surface area contributed by atoms with Gasteiger partial charge in [-0.1, -0.05) is 43.3 Å². The monoisotopic (exact) mass is 382 g/mol. The minimum Gasteiger partial charge on any atom is -0.465 e. The Bertz CT molecular complexity index is 799. The number of benzene rings is 2. The van der Waals surface area contributed by atoms with Crippen molar-refractivity contribution >= 4 is 11.9 Å². The number of halogens is 1. The van der Waals surface area contributed by atoms with E-state index in [2.05, 4.69) is 29.3 Å². The van der Waals surface area contributed by atoms with Gasteiger partial charge in [0.05, 0.1) is 6.61 Å². The van der Waals surface area contributed by atoms with Gasteiger partial charge in [-0.25, -0.2) is 4.39 Å². The van der Waals surface area contributed by atoms with Crippen molar-refractivity contribution in [3.05, 3.63) is 71.5 Å². The van der Waals surface area contributed by atoms with Crippen LogP contribution in [0.5, 0.6) is 0 Å². The molecule has 0 atom stereocenters. The Hall–Kier alpha value is -2.69. The van der Waals surface area contributed by atoms with E-state index in [9.17, 15) is 9.18 Å². The molecule has 0 unspecified atom stereocenters. The number of carbonyl (C=O) groups is 1. The minimum atomic E-state index is -0.475. The number of carbonyl (C=O) groups excluding carboxylic acids is 1. The fourth-order valence-corrected chi connectivity index (χ4v) is 3.44. The van der Waals surface area contributed by atoms with Crippen LogP contribution in [-0.2, 0) is 11.2 Å². The van der Waals surface area contributed by atoms with E-state index < -0.39 is 11.7 Å². The zero-order valence-corrected chi connectivity index (χ0v) is 16.3. The van der Waals surface area contributed by atoms with Gasteiger partial charge in [-0.15, -0.1) is 0 Å². The molecular formula is C23H27FN2O2. The van der Waals surface area contributed by atoms with E-state index in [1.54, 1.807) is 6.07 Å². The lowest BCUT2D eigenvalue weighted by atomic mass is 9.90. The molecule has 5 heteroatoms. The molecular weight excluding hydrogens is 355 g/mol. The third-order valence-corrected chi connectivity index (χ3v) is 4.96. The van der Waals surface area contributed by atoms with Crippen LogP contribution in [-0.4, -0.2) is 36.5 Å². The fourth-order valence-electron chi connectivity index (χ4n) is 3.44. The molecule has 0 N–H and O–H groups in total. The third kappa shape index (κ3) is 5.65. The van der Waals surface area contributed by atoms with Gasteiger partial charge in [-0.3, -0.25) is 4.79 Å². The van der Waals surface area contributed by atoms with Gasteiger partial charge in [0.1, 0.15) is 5.82 Å². The summed E-state index contributed by atoms with van der Waals surface area (Å²) >= 11 is 0. The molecule has 1 fully saturated rings. The van der Waals surface area contributed by atoms with Gasteiger partial charge in [0.15, 0.2) is 0 Å². The predicted molar refractivity (Wildman–Crippen MR) is 109 cm³/mol. The lowest BCUT2D eigenvalue weighted by Gasteiger charge is -2.33. The Morgan fingerprint density at radius 1 is 1.14 bits per heavy atom. The fraction of sp³-hybridized carbons (Fsp3) is 0.391. The van der Waals surface area contributed by atoms with Crippen molar-refractivity contribution in [2.75, 3.05) is 19.7 Å². The van der Waals surface area contributed by atoms with Crippen LogP contribution in [0.25, 0.3) is 0 Å². The largest absolute Gasteiger partial charge is 0.465 e. The standard InChI is InChI=1S/C23H27FN2O2/c1-2-15-28-23(25-22(27)20-9-6-10-21(24)17-20)26-13-11-19(12-14-26)16-18-7-4-3-5-8-18/h3-10,17,19H,2,11-16H2,1H3. The third-order valence-electron chi connectivity index (χ3n) is 4.96. The van der Waals surface area contributed by atoms with E-state index >= 15 is 0 Å². The van der Waals surface area contributed by atoms with Crippen LogP contribution in [0.4, 0.5) is 4.39 Å². The first-order chi connectivity index (χ1) is 13.7. The van der Waals surface area contributed by atoms with Crippen molar-refractivity contribution in [3.8, 4) is 0 Å². The molecule has 0 spiro atoms. The van der Waals surface area contributed by atoms with E-state index in [4.69, 9.17) is 4.74 Å². The van der Waals surface area contributed by atoms with Gasteiger partial charge in [-0.2, -0.15) is 4.99 Å². The SMILES string of the molecule is CCCOC(=NC(=O)c1cccc(F)c1)N1CCC(Cc2ccccc2)CC1. The number of hydrogen-bond donors (Lipinski definition) is 0. The molecule has 0 radical (unpaired) electrons. The summed E-state index contributed by atoms with van der Waals surface area (Å²) in [6.45, 7) is 4.12. The molecule has 1 heterocycles. The number of amides is 1. The van der Waals surface area contributed by atoms with Crippen molar-refractivity contribution in [2.45, 2.75) is 32.6 Å². The Kier molecular flexibility index (Phi) is 7.18. The van der Waals surface area contributed by atoms with E-state index in [1.807, 2.05) is 17.9 Å². The Balaban J connectivity index is 1.64. The normalized spacial score (nSPS) is 15.5. The molecule has 0 aromatic heterocycles. The minimum absolute atomic E-state index is 0.233. The van der Waals surface area contributed by atoms with Gasteiger partial charge in [0.2, 0.25) is 0 Å². The number of nitrogens with zero attached hydrogens (tertiary/aromatic N) is 2. The Morgan fingerprint density at radius 3 is 2.57 bits per heavy atom. The van der Waals surface area contributed by atoms with Gasteiger partial charge in [0, 0.05) is 18.7 Å². The number of piperidine rings is 1. The molecule has 2 aromatic rings. The van der Waals surface area contributed by atoms with Gasteiger partial charge in [0.25, 0.3) is 11.9 Å². The zero-order chi connectivity index (χ0) is 19.8.